The van der Waals surface area contributed by atoms with Crippen LogP contribution < -0.4 is 5.32 Å². The first-order chi connectivity index (χ1) is 13.4. The number of phenolic OH excluding ortho intramolecular Hbond substituents is 1. The zero-order valence-electron chi connectivity index (χ0n) is 18.0. The van der Waals surface area contributed by atoms with Crippen LogP contribution in [0.5, 0.6) is 5.75 Å². The number of nitrogens with one attached hydrogen (secondary N) is 1. The lowest BCUT2D eigenvalue weighted by Crippen LogP contribution is -2.18. The van der Waals surface area contributed by atoms with Crippen molar-refractivity contribution in [2.75, 3.05) is 5.32 Å². The Hall–Kier alpha value is -2.72. The summed E-state index contributed by atoms with van der Waals surface area (Å²) in [6.45, 7) is 14.0. The molecule has 1 heterocycles. The molecule has 0 saturated carbocycles. The molecule has 0 aliphatic carbocycles. The summed E-state index contributed by atoms with van der Waals surface area (Å²) in [7, 11) is 0. The second-order valence-electron chi connectivity index (χ2n) is 8.94. The predicted molar refractivity (Wildman–Crippen MR) is 117 cm³/mol. The van der Waals surface area contributed by atoms with Gasteiger partial charge >= 0.3 is 0 Å². The first kappa shape index (κ1) is 22.6. The minimum Gasteiger partial charge on any atom is -0.507 e. The van der Waals surface area contributed by atoms with Crippen LogP contribution in [0.2, 0.25) is 0 Å². The second-order valence-corrected chi connectivity index (χ2v) is 10.0. The van der Waals surface area contributed by atoms with Crippen LogP contribution in [-0.4, -0.2) is 21.2 Å². The van der Waals surface area contributed by atoms with Gasteiger partial charge in [0.15, 0.2) is 0 Å². The number of anilines is 1. The van der Waals surface area contributed by atoms with Crippen molar-refractivity contribution in [1.82, 2.24) is 10.2 Å². The highest BCUT2D eigenvalue weighted by atomic mass is 32.1. The Bertz CT molecular complexity index is 950. The van der Waals surface area contributed by atoms with Crippen LogP contribution in [0.1, 0.15) is 70.2 Å². The van der Waals surface area contributed by atoms with Crippen LogP contribution >= 0.6 is 11.3 Å². The molecule has 0 bridgehead atoms. The van der Waals surface area contributed by atoms with Gasteiger partial charge in [0.1, 0.15) is 22.4 Å². The third-order valence-electron chi connectivity index (χ3n) is 4.41. The van der Waals surface area contributed by atoms with Crippen molar-refractivity contribution in [3.63, 3.8) is 0 Å². The number of hydrogen-bond acceptors (Lipinski definition) is 6. The van der Waals surface area contributed by atoms with E-state index < -0.39 is 5.91 Å². The molecular weight excluding hydrogens is 384 g/mol. The van der Waals surface area contributed by atoms with E-state index in [2.05, 4.69) is 15.5 Å². The van der Waals surface area contributed by atoms with E-state index in [0.29, 0.717) is 10.7 Å². The molecule has 0 aliphatic heterocycles. The summed E-state index contributed by atoms with van der Waals surface area (Å²) in [6.07, 6.45) is 2.27. The highest BCUT2D eigenvalue weighted by molar-refractivity contribution is 7.15. The molecule has 2 rings (SSSR count). The average Bonchev–Trinajstić information content (AvgIpc) is 3.06. The number of carbonyl (C=O) groups is 1. The van der Waals surface area contributed by atoms with Crippen molar-refractivity contribution in [2.45, 2.75) is 65.7 Å². The Balaban J connectivity index is 2.49. The Morgan fingerprint density at radius 1 is 1.17 bits per heavy atom. The molecular formula is C22H28N4O2S. The minimum atomic E-state index is -0.533. The van der Waals surface area contributed by atoms with E-state index in [-0.39, 0.29) is 22.2 Å². The topological polar surface area (TPSA) is 98.9 Å². The summed E-state index contributed by atoms with van der Waals surface area (Å²) in [5.41, 5.74) is 1.59. The van der Waals surface area contributed by atoms with Gasteiger partial charge in [-0.15, -0.1) is 10.2 Å². The van der Waals surface area contributed by atoms with E-state index in [1.165, 1.54) is 11.3 Å². The first-order valence-corrected chi connectivity index (χ1v) is 10.3. The smallest absolute Gasteiger partial charge is 0.268 e. The third kappa shape index (κ3) is 5.42. The quantitative estimate of drug-likeness (QED) is 0.547. The number of aryl methyl sites for hydroxylation is 1. The second kappa shape index (κ2) is 8.34. The van der Waals surface area contributed by atoms with Crippen LogP contribution in [0.3, 0.4) is 0 Å². The summed E-state index contributed by atoms with van der Waals surface area (Å²) >= 11 is 1.29. The molecule has 0 aliphatic rings. The highest BCUT2D eigenvalue weighted by Gasteiger charge is 2.26. The van der Waals surface area contributed by atoms with Crippen LogP contribution in [0.15, 0.2) is 17.7 Å². The molecule has 6 nitrogen and oxygen atoms in total. The minimum absolute atomic E-state index is 0.0383. The highest BCUT2D eigenvalue weighted by Crippen LogP contribution is 2.40. The average molecular weight is 413 g/mol. The van der Waals surface area contributed by atoms with Crippen LogP contribution in [0.25, 0.3) is 6.08 Å². The first-order valence-electron chi connectivity index (χ1n) is 9.50. The molecule has 154 valence electrons. The molecule has 1 aromatic carbocycles. The van der Waals surface area contributed by atoms with Crippen molar-refractivity contribution < 1.29 is 9.90 Å². The largest absolute Gasteiger partial charge is 0.507 e. The van der Waals surface area contributed by atoms with Crippen LogP contribution in [-0.2, 0) is 22.0 Å². The molecule has 0 fully saturated rings. The number of phenols is 1. The van der Waals surface area contributed by atoms with Gasteiger partial charge in [0.05, 0.1) is 0 Å². The summed E-state index contributed by atoms with van der Waals surface area (Å²) in [4.78, 5) is 12.6. The molecule has 0 atom stereocenters. The van der Waals surface area contributed by atoms with Gasteiger partial charge < -0.3 is 5.11 Å². The van der Waals surface area contributed by atoms with E-state index in [1.54, 1.807) is 6.08 Å². The standard InChI is InChI=1S/C22H28N4O2S/c1-8-17-25-26-20(29-17)24-19(28)14(12-23)9-13-10-15(21(2,3)4)18(27)16(11-13)22(5,6)7/h9-11,27H,8H2,1-7H3,(H,24,26,28). The number of nitrogens with zero attached hydrogens (tertiary/aromatic N) is 3. The van der Waals surface area contributed by atoms with Gasteiger partial charge in [-0.3, -0.25) is 10.1 Å². The number of aromatic hydroxyl groups is 1. The van der Waals surface area contributed by atoms with E-state index in [1.807, 2.05) is 66.7 Å². The molecule has 1 aromatic heterocycles. The fraction of sp³-hybridized carbons (Fsp3) is 0.455. The molecule has 2 aromatic rings. The maximum atomic E-state index is 12.6. The number of aromatic nitrogens is 2. The molecule has 0 spiro atoms. The molecule has 29 heavy (non-hydrogen) atoms. The van der Waals surface area contributed by atoms with Crippen LogP contribution in [0, 0.1) is 11.3 Å². The SMILES string of the molecule is CCc1nnc(NC(=O)C(C#N)=Cc2cc(C(C)(C)C)c(O)c(C(C)(C)C)c2)s1. The number of rotatable bonds is 4. The normalized spacial score (nSPS) is 12.6. The Morgan fingerprint density at radius 3 is 2.14 bits per heavy atom. The van der Waals surface area contributed by atoms with Crippen molar-refractivity contribution in [3.8, 4) is 11.8 Å². The Morgan fingerprint density at radius 2 is 1.72 bits per heavy atom. The van der Waals surface area contributed by atoms with Gasteiger partial charge in [-0.2, -0.15) is 5.26 Å². The van der Waals surface area contributed by atoms with Gasteiger partial charge in [0, 0.05) is 11.1 Å². The number of nitriles is 1. The van der Waals surface area contributed by atoms with E-state index in [0.717, 1.165) is 22.6 Å². The van der Waals surface area contributed by atoms with E-state index >= 15 is 0 Å². The van der Waals surface area contributed by atoms with E-state index in [4.69, 9.17) is 0 Å². The maximum absolute atomic E-state index is 12.6. The Kier molecular flexibility index (Phi) is 6.49. The third-order valence-corrected chi connectivity index (χ3v) is 5.40. The molecule has 7 heteroatoms. The lowest BCUT2D eigenvalue weighted by atomic mass is 9.78. The lowest BCUT2D eigenvalue weighted by molar-refractivity contribution is -0.112. The van der Waals surface area contributed by atoms with Crippen LogP contribution in [0.4, 0.5) is 5.13 Å². The van der Waals surface area contributed by atoms with Gasteiger partial charge in [0.25, 0.3) is 5.91 Å². The van der Waals surface area contributed by atoms with Gasteiger partial charge in [0.2, 0.25) is 5.13 Å². The number of hydrogen-bond donors (Lipinski definition) is 2. The fourth-order valence-electron chi connectivity index (χ4n) is 2.81. The fourth-order valence-corrected chi connectivity index (χ4v) is 3.48. The molecule has 0 saturated heterocycles. The zero-order chi connectivity index (χ0) is 22.0. The molecule has 2 N–H and O–H groups in total. The number of carbonyl (C=O) groups excluding carboxylic acids is 1. The predicted octanol–water partition coefficient (Wildman–Crippen LogP) is 4.95. The Labute approximate surface area is 176 Å². The van der Waals surface area contributed by atoms with Crippen molar-refractivity contribution in [3.05, 3.63) is 39.4 Å². The van der Waals surface area contributed by atoms with Gasteiger partial charge in [-0.05, 0) is 41.0 Å². The lowest BCUT2D eigenvalue weighted by Gasteiger charge is -2.28. The van der Waals surface area contributed by atoms with Gasteiger partial charge in [-0.1, -0.05) is 59.8 Å². The van der Waals surface area contributed by atoms with Crippen molar-refractivity contribution in [2.24, 2.45) is 0 Å². The molecule has 0 radical (unpaired) electrons. The van der Waals surface area contributed by atoms with Crippen molar-refractivity contribution >= 4 is 28.5 Å². The van der Waals surface area contributed by atoms with E-state index in [9.17, 15) is 15.2 Å². The molecule has 0 unspecified atom stereocenters. The summed E-state index contributed by atoms with van der Waals surface area (Å²) in [6, 6.07) is 5.62. The maximum Gasteiger partial charge on any atom is 0.268 e. The monoisotopic (exact) mass is 412 g/mol. The van der Waals surface area contributed by atoms with Crippen molar-refractivity contribution in [1.29, 1.82) is 5.26 Å². The summed E-state index contributed by atoms with van der Waals surface area (Å²) < 4.78 is 0. The van der Waals surface area contributed by atoms with Gasteiger partial charge in [-0.25, -0.2) is 0 Å². The number of benzene rings is 1. The zero-order valence-corrected chi connectivity index (χ0v) is 18.9. The number of amides is 1. The summed E-state index contributed by atoms with van der Waals surface area (Å²) in [5, 5.41) is 32.1. The molecule has 1 amide bonds. The summed E-state index contributed by atoms with van der Waals surface area (Å²) in [5.74, 6) is -0.278.